The predicted octanol–water partition coefficient (Wildman–Crippen LogP) is 4.67. The van der Waals surface area contributed by atoms with Gasteiger partial charge in [0.15, 0.2) is 0 Å². The Morgan fingerprint density at radius 1 is 1.20 bits per heavy atom. The van der Waals surface area contributed by atoms with E-state index in [2.05, 4.69) is 26.8 Å². The largest absolute Gasteiger partial charge is 0.388 e. The Labute approximate surface area is 124 Å². The fraction of sp³-hybridized carbons (Fsp3) is 0.944. The van der Waals surface area contributed by atoms with Crippen LogP contribution in [0.5, 0.6) is 0 Å². The van der Waals surface area contributed by atoms with E-state index in [0.29, 0.717) is 17.8 Å². The van der Waals surface area contributed by atoms with Gasteiger partial charge in [-0.2, -0.15) is 5.26 Å². The third-order valence-electron chi connectivity index (χ3n) is 6.21. The highest BCUT2D eigenvalue weighted by Gasteiger charge is 2.57. The molecule has 2 heteroatoms. The lowest BCUT2D eigenvalue weighted by Crippen LogP contribution is -2.57. The molecule has 2 saturated carbocycles. The summed E-state index contributed by atoms with van der Waals surface area (Å²) in [6.45, 7) is 6.65. The first-order valence-corrected chi connectivity index (χ1v) is 8.62. The van der Waals surface area contributed by atoms with E-state index in [0.717, 1.165) is 44.9 Å². The van der Waals surface area contributed by atoms with Gasteiger partial charge >= 0.3 is 0 Å². The Balaban J connectivity index is 2.34. The highest BCUT2D eigenvalue weighted by Crippen LogP contribution is 2.56. The van der Waals surface area contributed by atoms with Crippen LogP contribution in [0.2, 0.25) is 0 Å². The fourth-order valence-electron chi connectivity index (χ4n) is 4.99. The maximum absolute atomic E-state index is 11.6. The summed E-state index contributed by atoms with van der Waals surface area (Å²) < 4.78 is 0. The van der Waals surface area contributed by atoms with Crippen LogP contribution in [0.1, 0.15) is 78.6 Å². The van der Waals surface area contributed by atoms with E-state index < -0.39 is 11.0 Å². The Hall–Kier alpha value is -0.550. The molecule has 0 bridgehead atoms. The molecule has 2 aliphatic rings. The van der Waals surface area contributed by atoms with E-state index in [1.54, 1.807) is 0 Å². The number of nitrogens with zero attached hydrogens (tertiary/aromatic N) is 1. The maximum atomic E-state index is 11.6. The SMILES string of the molecule is CCC1CCCC(C#N)(C2(O)CCCCC2C(C)C)C1. The Morgan fingerprint density at radius 3 is 2.55 bits per heavy atom. The van der Waals surface area contributed by atoms with Gasteiger partial charge < -0.3 is 5.11 Å². The lowest BCUT2D eigenvalue weighted by molar-refractivity contribution is -0.154. The molecule has 4 atom stereocenters. The van der Waals surface area contributed by atoms with E-state index >= 15 is 0 Å². The van der Waals surface area contributed by atoms with E-state index in [9.17, 15) is 10.4 Å². The maximum Gasteiger partial charge on any atom is 0.0865 e. The second-order valence-corrected chi connectivity index (χ2v) is 7.59. The summed E-state index contributed by atoms with van der Waals surface area (Å²) in [6.07, 6.45) is 9.53. The summed E-state index contributed by atoms with van der Waals surface area (Å²) in [7, 11) is 0. The van der Waals surface area contributed by atoms with Crippen LogP contribution >= 0.6 is 0 Å². The Bertz CT molecular complexity index is 372. The number of aliphatic hydroxyl groups is 1. The minimum atomic E-state index is -0.748. The zero-order chi connectivity index (χ0) is 14.8. The van der Waals surface area contributed by atoms with Crippen molar-refractivity contribution < 1.29 is 5.11 Å². The predicted molar refractivity (Wildman–Crippen MR) is 82.0 cm³/mol. The third kappa shape index (κ3) is 2.50. The standard InChI is InChI=1S/C18H31NO/c1-4-15-8-7-10-17(12-15,13-19)18(20)11-6-5-9-16(18)14(2)3/h14-16,20H,4-12H2,1-3H3. The molecule has 0 radical (unpaired) electrons. The van der Waals surface area contributed by atoms with Gasteiger partial charge in [-0.05, 0) is 43.4 Å². The van der Waals surface area contributed by atoms with E-state index in [4.69, 9.17) is 0 Å². The molecule has 2 aliphatic carbocycles. The molecule has 0 saturated heterocycles. The van der Waals surface area contributed by atoms with Crippen LogP contribution in [0, 0.1) is 34.5 Å². The quantitative estimate of drug-likeness (QED) is 0.814. The smallest absolute Gasteiger partial charge is 0.0865 e. The van der Waals surface area contributed by atoms with Crippen molar-refractivity contribution in [3.8, 4) is 6.07 Å². The molecule has 114 valence electrons. The van der Waals surface area contributed by atoms with E-state index in [1.165, 1.54) is 12.8 Å². The van der Waals surface area contributed by atoms with E-state index in [-0.39, 0.29) is 0 Å². The van der Waals surface area contributed by atoms with Gasteiger partial charge in [-0.1, -0.05) is 52.9 Å². The average molecular weight is 277 g/mol. The first kappa shape index (κ1) is 15.8. The summed E-state index contributed by atoms with van der Waals surface area (Å²) in [4.78, 5) is 0. The average Bonchev–Trinajstić information content (AvgIpc) is 2.47. The van der Waals surface area contributed by atoms with Crippen LogP contribution < -0.4 is 0 Å². The molecule has 2 rings (SSSR count). The van der Waals surface area contributed by atoms with Gasteiger partial charge in [0.25, 0.3) is 0 Å². The molecule has 0 spiro atoms. The van der Waals surface area contributed by atoms with Crippen molar-refractivity contribution in [2.24, 2.45) is 23.2 Å². The summed E-state index contributed by atoms with van der Waals surface area (Å²) in [5, 5.41) is 21.5. The second kappa shape index (κ2) is 6.06. The molecule has 0 amide bonds. The molecular formula is C18H31NO. The summed E-state index contributed by atoms with van der Waals surface area (Å²) >= 11 is 0. The van der Waals surface area contributed by atoms with Gasteiger partial charge in [-0.3, -0.25) is 0 Å². The van der Waals surface area contributed by atoms with Crippen LogP contribution in [-0.2, 0) is 0 Å². The van der Waals surface area contributed by atoms with E-state index in [1.807, 2.05) is 0 Å². The number of hydrogen-bond donors (Lipinski definition) is 1. The minimum Gasteiger partial charge on any atom is -0.388 e. The molecule has 2 nitrogen and oxygen atoms in total. The molecule has 0 aromatic rings. The van der Waals surface area contributed by atoms with Crippen LogP contribution in [0.15, 0.2) is 0 Å². The third-order valence-corrected chi connectivity index (χ3v) is 6.21. The first-order chi connectivity index (χ1) is 9.49. The molecule has 4 unspecified atom stereocenters. The van der Waals surface area contributed by atoms with Crippen molar-refractivity contribution in [1.82, 2.24) is 0 Å². The Kier molecular flexibility index (Phi) is 4.80. The Morgan fingerprint density at radius 2 is 1.95 bits per heavy atom. The highest BCUT2D eigenvalue weighted by atomic mass is 16.3. The topological polar surface area (TPSA) is 44.0 Å². The lowest BCUT2D eigenvalue weighted by Gasteiger charge is -2.54. The van der Waals surface area contributed by atoms with Crippen molar-refractivity contribution in [2.45, 2.75) is 84.2 Å². The number of hydrogen-bond acceptors (Lipinski definition) is 2. The van der Waals surface area contributed by atoms with Gasteiger partial charge in [0.2, 0.25) is 0 Å². The zero-order valence-electron chi connectivity index (χ0n) is 13.5. The number of nitriles is 1. The van der Waals surface area contributed by atoms with Crippen molar-refractivity contribution in [1.29, 1.82) is 5.26 Å². The van der Waals surface area contributed by atoms with Gasteiger partial charge in [-0.25, -0.2) is 0 Å². The van der Waals surface area contributed by atoms with Gasteiger partial charge in [0.05, 0.1) is 17.1 Å². The normalized spacial score (nSPS) is 42.4. The summed E-state index contributed by atoms with van der Waals surface area (Å²) in [5.74, 6) is 1.39. The van der Waals surface area contributed by atoms with Crippen molar-refractivity contribution in [3.63, 3.8) is 0 Å². The van der Waals surface area contributed by atoms with Gasteiger partial charge in [-0.15, -0.1) is 0 Å². The lowest BCUT2D eigenvalue weighted by atomic mass is 9.52. The van der Waals surface area contributed by atoms with Crippen molar-refractivity contribution >= 4 is 0 Å². The molecular weight excluding hydrogens is 246 g/mol. The summed E-state index contributed by atoms with van der Waals surface area (Å²) in [5.41, 5.74) is -1.23. The van der Waals surface area contributed by atoms with Crippen LogP contribution in [0.25, 0.3) is 0 Å². The highest BCUT2D eigenvalue weighted by molar-refractivity contribution is 5.16. The van der Waals surface area contributed by atoms with Crippen LogP contribution in [0.4, 0.5) is 0 Å². The first-order valence-electron chi connectivity index (χ1n) is 8.62. The molecule has 2 fully saturated rings. The molecule has 0 heterocycles. The van der Waals surface area contributed by atoms with Crippen molar-refractivity contribution in [2.75, 3.05) is 0 Å². The minimum absolute atomic E-state index is 0.298. The van der Waals surface area contributed by atoms with Gasteiger partial charge in [0.1, 0.15) is 0 Å². The molecule has 20 heavy (non-hydrogen) atoms. The monoisotopic (exact) mass is 277 g/mol. The van der Waals surface area contributed by atoms with Crippen LogP contribution in [0.3, 0.4) is 0 Å². The summed E-state index contributed by atoms with van der Waals surface area (Å²) in [6, 6.07) is 2.63. The fourth-order valence-corrected chi connectivity index (χ4v) is 4.99. The van der Waals surface area contributed by atoms with Crippen molar-refractivity contribution in [3.05, 3.63) is 0 Å². The molecule has 0 aliphatic heterocycles. The second-order valence-electron chi connectivity index (χ2n) is 7.59. The van der Waals surface area contributed by atoms with Crippen LogP contribution in [-0.4, -0.2) is 10.7 Å². The zero-order valence-corrected chi connectivity index (χ0v) is 13.5. The molecule has 0 aromatic carbocycles. The number of rotatable bonds is 3. The molecule has 0 aromatic heterocycles. The van der Waals surface area contributed by atoms with Gasteiger partial charge in [0, 0.05) is 0 Å². The molecule has 1 N–H and O–H groups in total.